The van der Waals surface area contributed by atoms with E-state index < -0.39 is 5.54 Å². The molecular formula is C19H24ClN5O3. The molecule has 28 heavy (non-hydrogen) atoms. The number of rotatable bonds is 4. The molecule has 1 aromatic carbocycles. The maximum Gasteiger partial charge on any atom is 0.283 e. The Bertz CT molecular complexity index is 928. The lowest BCUT2D eigenvalue weighted by Gasteiger charge is -2.41. The number of aromatic nitrogens is 2. The number of hydrogen-bond donors (Lipinski definition) is 3. The number of nitrogens with zero attached hydrogens (tertiary/aromatic N) is 2. The first-order valence-corrected chi connectivity index (χ1v) is 9.69. The molecule has 1 unspecified atom stereocenters. The second kappa shape index (κ2) is 7.27. The summed E-state index contributed by atoms with van der Waals surface area (Å²) in [5.41, 5.74) is 0.936. The van der Waals surface area contributed by atoms with Gasteiger partial charge in [0.1, 0.15) is 16.3 Å². The van der Waals surface area contributed by atoms with Crippen LogP contribution in [0.1, 0.15) is 30.1 Å². The number of H-pyrrole nitrogens is 1. The van der Waals surface area contributed by atoms with Crippen LogP contribution in [0.3, 0.4) is 0 Å². The minimum Gasteiger partial charge on any atom is -0.497 e. The van der Waals surface area contributed by atoms with Gasteiger partial charge in [0.2, 0.25) is 5.91 Å². The summed E-state index contributed by atoms with van der Waals surface area (Å²) in [6.07, 6.45) is 1.39. The molecule has 2 fully saturated rings. The highest BCUT2D eigenvalue weighted by atomic mass is 35.5. The predicted molar refractivity (Wildman–Crippen MR) is 106 cm³/mol. The third kappa shape index (κ3) is 3.11. The Labute approximate surface area is 167 Å². The highest BCUT2D eigenvalue weighted by Gasteiger charge is 2.45. The topological polar surface area (TPSA) is 91.4 Å². The van der Waals surface area contributed by atoms with Crippen LogP contribution in [-0.2, 0) is 11.8 Å². The highest BCUT2D eigenvalue weighted by molar-refractivity contribution is 6.31. The Morgan fingerprint density at radius 2 is 1.86 bits per heavy atom. The van der Waals surface area contributed by atoms with Crippen molar-refractivity contribution in [3.8, 4) is 5.75 Å². The van der Waals surface area contributed by atoms with Crippen LogP contribution in [0, 0.1) is 0 Å². The van der Waals surface area contributed by atoms with Crippen LogP contribution in [0.15, 0.2) is 29.1 Å². The maximum absolute atomic E-state index is 12.3. The van der Waals surface area contributed by atoms with Crippen LogP contribution in [0.5, 0.6) is 5.75 Å². The molecule has 4 rings (SSSR count). The number of ether oxygens (including phenoxy) is 1. The Morgan fingerprint density at radius 1 is 1.18 bits per heavy atom. The second-order valence-electron chi connectivity index (χ2n) is 7.35. The molecule has 3 heterocycles. The minimum absolute atomic E-state index is 0.0697. The van der Waals surface area contributed by atoms with E-state index in [0.29, 0.717) is 32.6 Å². The monoisotopic (exact) mass is 405 g/mol. The van der Waals surface area contributed by atoms with E-state index in [2.05, 4.69) is 20.6 Å². The van der Waals surface area contributed by atoms with E-state index in [0.717, 1.165) is 17.0 Å². The number of carbonyl (C=O) groups excluding carboxylic acids is 1. The summed E-state index contributed by atoms with van der Waals surface area (Å²) in [5, 5.41) is 9.12. The second-order valence-corrected chi connectivity index (χ2v) is 7.73. The van der Waals surface area contributed by atoms with Gasteiger partial charge >= 0.3 is 0 Å². The van der Waals surface area contributed by atoms with Gasteiger partial charge in [-0.2, -0.15) is 0 Å². The summed E-state index contributed by atoms with van der Waals surface area (Å²) in [4.78, 5) is 26.7. The first-order chi connectivity index (χ1) is 13.4. The van der Waals surface area contributed by atoms with E-state index in [4.69, 9.17) is 16.3 Å². The third-order valence-corrected chi connectivity index (χ3v) is 6.24. The Balaban J connectivity index is 1.69. The first kappa shape index (κ1) is 19.0. The molecule has 9 heteroatoms. The van der Waals surface area contributed by atoms with Gasteiger partial charge in [-0.1, -0.05) is 23.7 Å². The summed E-state index contributed by atoms with van der Waals surface area (Å²) in [5.74, 6) is 0.834. The van der Waals surface area contributed by atoms with Gasteiger partial charge in [0, 0.05) is 20.1 Å². The number of benzene rings is 1. The molecule has 0 bridgehead atoms. The van der Waals surface area contributed by atoms with Crippen LogP contribution < -0.4 is 20.9 Å². The minimum atomic E-state index is -0.491. The average molecular weight is 406 g/mol. The molecular weight excluding hydrogens is 382 g/mol. The normalized spacial score (nSPS) is 20.3. The van der Waals surface area contributed by atoms with E-state index in [1.54, 1.807) is 18.8 Å². The van der Waals surface area contributed by atoms with Gasteiger partial charge in [-0.05, 0) is 30.5 Å². The lowest BCUT2D eigenvalue weighted by Crippen LogP contribution is -2.55. The van der Waals surface area contributed by atoms with E-state index in [1.165, 1.54) is 0 Å². The van der Waals surface area contributed by atoms with E-state index >= 15 is 0 Å². The third-order valence-electron chi connectivity index (χ3n) is 5.87. The molecule has 2 saturated heterocycles. The van der Waals surface area contributed by atoms with Crippen molar-refractivity contribution in [3.05, 3.63) is 50.9 Å². The van der Waals surface area contributed by atoms with Crippen molar-refractivity contribution < 1.29 is 9.53 Å². The fourth-order valence-corrected chi connectivity index (χ4v) is 4.54. The van der Waals surface area contributed by atoms with Gasteiger partial charge in [-0.15, -0.1) is 0 Å². The summed E-state index contributed by atoms with van der Waals surface area (Å²) in [7, 11) is 3.42. The Hall–Kier alpha value is -2.29. The number of amides is 1. The van der Waals surface area contributed by atoms with Crippen LogP contribution in [0.2, 0.25) is 5.02 Å². The number of methoxy groups -OCH3 is 1. The molecule has 0 aliphatic carbocycles. The van der Waals surface area contributed by atoms with E-state index in [9.17, 15) is 9.59 Å². The van der Waals surface area contributed by atoms with Gasteiger partial charge in [0.15, 0.2) is 0 Å². The molecule has 1 aromatic heterocycles. The fourth-order valence-electron chi connectivity index (χ4n) is 4.27. The average Bonchev–Trinajstić information content (AvgIpc) is 3.17. The summed E-state index contributed by atoms with van der Waals surface area (Å²) < 4.78 is 6.96. The van der Waals surface area contributed by atoms with Crippen molar-refractivity contribution in [2.45, 2.75) is 24.4 Å². The molecule has 2 aromatic rings. The number of aromatic amines is 1. The standard InChI is InChI=1S/C19H24ClN5O3/c1-24-16(14(20)17(26)23-24)15(12-3-5-13(28-2)6-4-12)25-9-7-19(8-10-25)18(27)21-11-22-19/h3-6,15,22H,7-11H2,1-2H3,(H,21,27)(H,23,26). The smallest absolute Gasteiger partial charge is 0.283 e. The Kier molecular flexibility index (Phi) is 4.95. The molecule has 1 spiro atoms. The van der Waals surface area contributed by atoms with Gasteiger partial charge in [0.25, 0.3) is 5.56 Å². The number of piperidine rings is 1. The van der Waals surface area contributed by atoms with Crippen molar-refractivity contribution in [1.29, 1.82) is 0 Å². The van der Waals surface area contributed by atoms with Gasteiger partial charge in [0.05, 0.1) is 25.5 Å². The number of halogens is 1. The zero-order chi connectivity index (χ0) is 19.9. The van der Waals surface area contributed by atoms with Crippen molar-refractivity contribution in [3.63, 3.8) is 0 Å². The fraction of sp³-hybridized carbons (Fsp3) is 0.474. The van der Waals surface area contributed by atoms with Crippen LogP contribution in [0.25, 0.3) is 0 Å². The van der Waals surface area contributed by atoms with Crippen LogP contribution >= 0.6 is 11.6 Å². The molecule has 150 valence electrons. The highest BCUT2D eigenvalue weighted by Crippen LogP contribution is 2.36. The predicted octanol–water partition coefficient (Wildman–Crippen LogP) is 0.976. The number of hydrogen-bond acceptors (Lipinski definition) is 5. The molecule has 0 saturated carbocycles. The van der Waals surface area contributed by atoms with Crippen LogP contribution in [-0.4, -0.2) is 53.0 Å². The summed E-state index contributed by atoms with van der Waals surface area (Å²) >= 11 is 6.39. The SMILES string of the molecule is COc1ccc(C(c2c(Cl)c(=O)[nH]n2C)N2CCC3(CC2)NCNC3=O)cc1. The number of aryl methyl sites for hydroxylation is 1. The van der Waals surface area contributed by atoms with Gasteiger partial charge < -0.3 is 10.1 Å². The maximum atomic E-state index is 12.3. The zero-order valence-corrected chi connectivity index (χ0v) is 16.7. The number of nitrogens with one attached hydrogen (secondary N) is 3. The Morgan fingerprint density at radius 3 is 2.36 bits per heavy atom. The molecule has 3 N–H and O–H groups in total. The first-order valence-electron chi connectivity index (χ1n) is 9.31. The molecule has 0 radical (unpaired) electrons. The van der Waals surface area contributed by atoms with E-state index in [-0.39, 0.29) is 22.5 Å². The van der Waals surface area contributed by atoms with Gasteiger partial charge in [-0.25, -0.2) is 0 Å². The summed E-state index contributed by atoms with van der Waals surface area (Å²) in [6.45, 7) is 1.92. The molecule has 2 aliphatic heterocycles. The van der Waals surface area contributed by atoms with Gasteiger partial charge in [-0.3, -0.25) is 29.6 Å². The molecule has 2 aliphatic rings. The van der Waals surface area contributed by atoms with Crippen molar-refractivity contribution in [2.75, 3.05) is 26.9 Å². The molecule has 1 atom stereocenters. The van der Waals surface area contributed by atoms with Crippen molar-refractivity contribution >= 4 is 17.5 Å². The van der Waals surface area contributed by atoms with Crippen molar-refractivity contribution in [1.82, 2.24) is 25.3 Å². The van der Waals surface area contributed by atoms with Crippen molar-refractivity contribution in [2.24, 2.45) is 7.05 Å². The quantitative estimate of drug-likeness (QED) is 0.705. The van der Waals surface area contributed by atoms with Crippen LogP contribution in [0.4, 0.5) is 0 Å². The largest absolute Gasteiger partial charge is 0.497 e. The number of carbonyl (C=O) groups is 1. The zero-order valence-electron chi connectivity index (χ0n) is 15.9. The number of likely N-dealkylation sites (tertiary alicyclic amines) is 1. The lowest BCUT2D eigenvalue weighted by molar-refractivity contribution is -0.125. The summed E-state index contributed by atoms with van der Waals surface area (Å²) in [6, 6.07) is 7.57. The lowest BCUT2D eigenvalue weighted by atomic mass is 9.86. The molecule has 1 amide bonds. The molecule has 8 nitrogen and oxygen atoms in total. The van der Waals surface area contributed by atoms with E-state index in [1.807, 2.05) is 24.3 Å².